The summed E-state index contributed by atoms with van der Waals surface area (Å²) in [5, 5.41) is 12.0. The molecule has 2 rings (SSSR count). The smallest absolute Gasteiger partial charge is 0.358 e. The monoisotopic (exact) mass is 279 g/mol. The number of rotatable bonds is 5. The van der Waals surface area contributed by atoms with Crippen LogP contribution in [-0.2, 0) is 6.61 Å². The Morgan fingerprint density at radius 2 is 2.15 bits per heavy atom. The number of hydrogen-bond acceptors (Lipinski definition) is 5. The zero-order valence-electron chi connectivity index (χ0n) is 10.4. The van der Waals surface area contributed by atoms with Gasteiger partial charge in [-0.2, -0.15) is 0 Å². The van der Waals surface area contributed by atoms with E-state index in [2.05, 4.69) is 5.16 Å². The van der Waals surface area contributed by atoms with Crippen LogP contribution in [-0.4, -0.2) is 22.0 Å². The summed E-state index contributed by atoms with van der Waals surface area (Å²) in [5.41, 5.74) is -0.258. The Kier molecular flexibility index (Phi) is 3.79. The molecule has 0 saturated heterocycles. The molecule has 7 heteroatoms. The molecule has 0 radical (unpaired) electrons. The first kappa shape index (κ1) is 13.7. The Morgan fingerprint density at radius 1 is 1.40 bits per heavy atom. The van der Waals surface area contributed by atoms with E-state index in [1.165, 1.54) is 25.1 Å². The van der Waals surface area contributed by atoms with Gasteiger partial charge in [-0.15, -0.1) is 0 Å². The van der Waals surface area contributed by atoms with Crippen LogP contribution in [0.2, 0.25) is 0 Å². The van der Waals surface area contributed by atoms with Gasteiger partial charge in [0.1, 0.15) is 18.2 Å². The first-order valence-electron chi connectivity index (χ1n) is 5.59. The van der Waals surface area contributed by atoms with E-state index < -0.39 is 11.8 Å². The normalized spacial score (nSPS) is 10.3. The molecule has 0 aliphatic heterocycles. The maximum atomic E-state index is 13.5. The molecule has 0 fully saturated rings. The van der Waals surface area contributed by atoms with Gasteiger partial charge in [0, 0.05) is 12.1 Å². The number of halogens is 1. The molecule has 0 saturated carbocycles. The van der Waals surface area contributed by atoms with E-state index in [9.17, 15) is 14.0 Å². The van der Waals surface area contributed by atoms with Crippen molar-refractivity contribution < 1.29 is 28.3 Å². The number of Topliss-reactive ketones (excluding diaryl/α,β-unsaturated/α-hetero) is 1. The van der Waals surface area contributed by atoms with Gasteiger partial charge in [0.05, 0.1) is 5.56 Å². The molecular weight excluding hydrogens is 269 g/mol. The quantitative estimate of drug-likeness (QED) is 0.844. The third kappa shape index (κ3) is 3.00. The van der Waals surface area contributed by atoms with E-state index in [0.29, 0.717) is 0 Å². The Bertz CT molecular complexity index is 665. The third-order valence-corrected chi connectivity index (χ3v) is 2.48. The van der Waals surface area contributed by atoms with Crippen molar-refractivity contribution in [3.05, 3.63) is 47.1 Å². The van der Waals surface area contributed by atoms with Gasteiger partial charge < -0.3 is 14.4 Å². The minimum atomic E-state index is -1.21. The molecular formula is C13H10FNO5. The number of ketones is 1. The fourth-order valence-electron chi connectivity index (χ4n) is 1.51. The molecule has 1 heterocycles. The molecule has 0 bridgehead atoms. The Labute approximate surface area is 112 Å². The fraction of sp³-hybridized carbons (Fsp3) is 0.154. The van der Waals surface area contributed by atoms with Crippen molar-refractivity contribution in [3.8, 4) is 5.75 Å². The average Bonchev–Trinajstić information content (AvgIpc) is 2.85. The molecule has 0 aliphatic rings. The van der Waals surface area contributed by atoms with Crippen molar-refractivity contribution in [1.82, 2.24) is 5.16 Å². The van der Waals surface area contributed by atoms with Crippen LogP contribution in [0.3, 0.4) is 0 Å². The number of carboxylic acid groups (broad SMARTS) is 1. The number of aromatic nitrogens is 1. The lowest BCUT2D eigenvalue weighted by Crippen LogP contribution is -1.99. The number of carboxylic acids is 1. The van der Waals surface area contributed by atoms with Gasteiger partial charge >= 0.3 is 5.97 Å². The molecule has 6 nitrogen and oxygen atoms in total. The number of ether oxygens (including phenoxy) is 1. The van der Waals surface area contributed by atoms with Gasteiger partial charge in [-0.05, 0) is 19.1 Å². The highest BCUT2D eigenvalue weighted by Crippen LogP contribution is 2.18. The van der Waals surface area contributed by atoms with Crippen LogP contribution in [0.25, 0.3) is 0 Å². The summed E-state index contributed by atoms with van der Waals surface area (Å²) in [6.07, 6.45) is 0. The molecule has 1 aromatic carbocycles. The summed E-state index contributed by atoms with van der Waals surface area (Å²) >= 11 is 0. The second-order valence-electron chi connectivity index (χ2n) is 3.97. The molecule has 104 valence electrons. The maximum absolute atomic E-state index is 13.5. The van der Waals surface area contributed by atoms with Crippen molar-refractivity contribution in [2.75, 3.05) is 0 Å². The molecule has 0 atom stereocenters. The zero-order valence-corrected chi connectivity index (χ0v) is 10.4. The second kappa shape index (κ2) is 5.52. The lowest BCUT2D eigenvalue weighted by atomic mass is 10.1. The highest BCUT2D eigenvalue weighted by molar-refractivity contribution is 5.94. The van der Waals surface area contributed by atoms with Gasteiger partial charge in [-0.3, -0.25) is 4.79 Å². The minimum absolute atomic E-state index is 0.0230. The summed E-state index contributed by atoms with van der Waals surface area (Å²) < 4.78 is 23.5. The van der Waals surface area contributed by atoms with E-state index in [-0.39, 0.29) is 35.2 Å². The number of hydrogen-bond donors (Lipinski definition) is 1. The van der Waals surface area contributed by atoms with E-state index in [0.717, 1.165) is 6.07 Å². The standard InChI is InChI=1S/C13H10FNO5/c1-7(16)10-3-2-8(4-11(10)14)19-6-9-5-12(13(17)18)15-20-9/h2-5H,6H2,1H3,(H,17,18). The number of carbonyl (C=O) groups excluding carboxylic acids is 1. The largest absolute Gasteiger partial charge is 0.485 e. The van der Waals surface area contributed by atoms with Crippen LogP contribution >= 0.6 is 0 Å². The van der Waals surface area contributed by atoms with E-state index in [1.807, 2.05) is 0 Å². The number of aromatic carboxylic acids is 1. The Balaban J connectivity index is 2.05. The molecule has 1 N–H and O–H groups in total. The highest BCUT2D eigenvalue weighted by Gasteiger charge is 2.12. The lowest BCUT2D eigenvalue weighted by Gasteiger charge is -2.05. The predicted octanol–water partition coefficient (Wildman–Crippen LogP) is 2.29. The van der Waals surface area contributed by atoms with Gasteiger partial charge in [0.15, 0.2) is 17.2 Å². The minimum Gasteiger partial charge on any atom is -0.485 e. The van der Waals surface area contributed by atoms with Crippen molar-refractivity contribution in [1.29, 1.82) is 0 Å². The van der Waals surface area contributed by atoms with Crippen LogP contribution < -0.4 is 4.74 Å². The molecule has 20 heavy (non-hydrogen) atoms. The summed E-state index contributed by atoms with van der Waals surface area (Å²) in [6, 6.07) is 5.04. The number of carbonyl (C=O) groups is 2. The first-order valence-corrected chi connectivity index (χ1v) is 5.59. The molecule has 0 spiro atoms. The summed E-state index contributed by atoms with van der Waals surface area (Å²) in [6.45, 7) is 1.17. The van der Waals surface area contributed by atoms with Gasteiger partial charge in [-0.1, -0.05) is 5.16 Å². The third-order valence-electron chi connectivity index (χ3n) is 2.48. The van der Waals surface area contributed by atoms with Gasteiger partial charge in [0.25, 0.3) is 0 Å². The number of nitrogens with zero attached hydrogens (tertiary/aromatic N) is 1. The van der Waals surface area contributed by atoms with Crippen molar-refractivity contribution in [3.63, 3.8) is 0 Å². The molecule has 0 aliphatic carbocycles. The molecule has 0 unspecified atom stereocenters. The van der Waals surface area contributed by atoms with E-state index in [4.69, 9.17) is 14.4 Å². The Hall–Kier alpha value is -2.70. The summed E-state index contributed by atoms with van der Waals surface area (Å²) in [4.78, 5) is 21.7. The summed E-state index contributed by atoms with van der Waals surface area (Å²) in [7, 11) is 0. The predicted molar refractivity (Wildman–Crippen MR) is 64.2 cm³/mol. The van der Waals surface area contributed by atoms with Crippen molar-refractivity contribution in [2.45, 2.75) is 13.5 Å². The highest BCUT2D eigenvalue weighted by atomic mass is 19.1. The van der Waals surface area contributed by atoms with Crippen LogP contribution in [0.15, 0.2) is 28.8 Å². The summed E-state index contributed by atoms with van der Waals surface area (Å²) in [5.74, 6) is -1.88. The SMILES string of the molecule is CC(=O)c1ccc(OCc2cc(C(=O)O)no2)cc1F. The van der Waals surface area contributed by atoms with Crippen LogP contribution in [0.4, 0.5) is 4.39 Å². The Morgan fingerprint density at radius 3 is 2.70 bits per heavy atom. The van der Waals surface area contributed by atoms with Crippen molar-refractivity contribution in [2.24, 2.45) is 0 Å². The fourth-order valence-corrected chi connectivity index (χ4v) is 1.51. The number of benzene rings is 1. The first-order chi connectivity index (χ1) is 9.47. The van der Waals surface area contributed by atoms with E-state index in [1.54, 1.807) is 0 Å². The molecule has 1 aromatic heterocycles. The van der Waals surface area contributed by atoms with E-state index >= 15 is 0 Å². The van der Waals surface area contributed by atoms with Gasteiger partial charge in [0.2, 0.25) is 0 Å². The zero-order chi connectivity index (χ0) is 14.7. The van der Waals surface area contributed by atoms with Crippen LogP contribution in [0, 0.1) is 5.82 Å². The van der Waals surface area contributed by atoms with Crippen molar-refractivity contribution >= 4 is 11.8 Å². The topological polar surface area (TPSA) is 89.6 Å². The average molecular weight is 279 g/mol. The van der Waals surface area contributed by atoms with Crippen LogP contribution in [0.1, 0.15) is 33.5 Å². The van der Waals surface area contributed by atoms with Gasteiger partial charge in [-0.25, -0.2) is 9.18 Å². The molecule has 2 aromatic rings. The second-order valence-corrected chi connectivity index (χ2v) is 3.97. The lowest BCUT2D eigenvalue weighted by molar-refractivity contribution is 0.0685. The maximum Gasteiger partial charge on any atom is 0.358 e. The van der Waals surface area contributed by atoms with Crippen LogP contribution in [0.5, 0.6) is 5.75 Å². The molecule has 0 amide bonds.